The van der Waals surface area contributed by atoms with Crippen molar-refractivity contribution < 1.29 is 79.3 Å². The Balaban J connectivity index is -0.0000000776. The van der Waals surface area contributed by atoms with Crippen molar-refractivity contribution in [3.8, 4) is 0 Å². The van der Waals surface area contributed by atoms with Crippen molar-refractivity contribution in [2.75, 3.05) is 0 Å². The fourth-order valence-electron chi connectivity index (χ4n) is 4.30. The summed E-state index contributed by atoms with van der Waals surface area (Å²) in [6.07, 6.45) is 0.306. The number of hydrogen-bond acceptors (Lipinski definition) is 10. The number of hydrogen-bond donors (Lipinski definition) is 1. The Hall–Kier alpha value is -0.111. The van der Waals surface area contributed by atoms with E-state index in [1.54, 1.807) is 84.9 Å². The van der Waals surface area contributed by atoms with Crippen molar-refractivity contribution >= 4 is 274 Å². The number of carboxylic acids is 2. The quantitative estimate of drug-likeness (QED) is 0.0627. The largest absolute Gasteiger partial charge is 2.00 e. The zero-order valence-electron chi connectivity index (χ0n) is 42.0. The molecule has 6 aromatic carbocycles. The molecule has 6 rings (SSSR count). The molecule has 0 heterocycles. The summed E-state index contributed by atoms with van der Waals surface area (Å²) < 4.78 is 27.4. The molecule has 430 valence electrons. The molecule has 0 aliphatic heterocycles. The Morgan fingerprint density at radius 2 is 0.838 bits per heavy atom. The van der Waals surface area contributed by atoms with Gasteiger partial charge in [-0.1, -0.05) is 168 Å². The molecule has 1 atom stereocenters. The average molecular weight is 1500 g/mol. The van der Waals surface area contributed by atoms with Gasteiger partial charge in [-0.05, 0) is 81.4 Å². The molecular weight excluding hydrogens is 1460 g/mol. The minimum Gasteiger partial charge on any atom is -1.00 e. The van der Waals surface area contributed by atoms with Gasteiger partial charge in [-0.25, -0.2) is 4.21 Å². The second-order valence-electron chi connectivity index (χ2n) is 12.6. The molecule has 0 saturated carbocycles. The maximum absolute atomic E-state index is 10.7. The van der Waals surface area contributed by atoms with Gasteiger partial charge in [0.25, 0.3) is 0 Å². The van der Waals surface area contributed by atoms with Gasteiger partial charge in [0.1, 0.15) is 5.38 Å². The van der Waals surface area contributed by atoms with Crippen molar-refractivity contribution in [3.05, 3.63) is 216 Å². The predicted molar refractivity (Wildman–Crippen MR) is 328 cm³/mol. The van der Waals surface area contributed by atoms with Gasteiger partial charge in [-0.3, -0.25) is 14.4 Å². The van der Waals surface area contributed by atoms with E-state index in [0.717, 1.165) is 26.7 Å². The van der Waals surface area contributed by atoms with Crippen LogP contribution in [0.1, 0.15) is 49.0 Å². The van der Waals surface area contributed by atoms with Crippen LogP contribution in [0.2, 0.25) is 30.1 Å². The molecule has 1 unspecified atom stereocenters. The van der Waals surface area contributed by atoms with Gasteiger partial charge in [0, 0.05) is 92.5 Å². The van der Waals surface area contributed by atoms with Crippen LogP contribution in [0, 0.1) is 6.92 Å². The molecular formula is C48H42Cl16Mg3O11S2. The summed E-state index contributed by atoms with van der Waals surface area (Å²) in [5.74, 6) is -1.49. The predicted octanol–water partition coefficient (Wildman–Crippen LogP) is 9.13. The number of benzene rings is 6. The van der Waals surface area contributed by atoms with E-state index in [-0.39, 0.29) is 130 Å². The number of rotatable bonds is 9. The Kier molecular flexibility index (Phi) is 74.9. The number of carbonyl (C=O) groups excluding carboxylic acids is 5. The molecule has 0 amide bonds. The van der Waals surface area contributed by atoms with E-state index in [9.17, 15) is 24.3 Å². The average Bonchev–Trinajstić information content (AvgIpc) is 3.30. The molecule has 0 aliphatic carbocycles. The molecule has 0 bridgehead atoms. The zero-order chi connectivity index (χ0) is 57.4. The SMILES string of the molecule is C.ClCc1ccccc1Cl.O=C(Cl)C(Cl)c1ccccc1Cl.O=C(Cl)Cc1ccccc1Cl.O=C(O)Cc1ccccc1Cl.O=C([O-])Cc1ccccc1Cl.O=C=O.O=S(=O)(Cl)Cl.O=S(Cl)Cl.[CH2-]c1ccccc1Cl.[Cl-].[Cl-].[H-].[H-].[Mg+2].[Mg+2].[Mg+2]. The molecule has 0 saturated heterocycles. The van der Waals surface area contributed by atoms with Gasteiger partial charge in [-0.15, -0.1) is 35.3 Å². The van der Waals surface area contributed by atoms with E-state index in [1.165, 1.54) is 0 Å². The molecule has 1 N–H and O–H groups in total. The molecule has 0 fully saturated rings. The van der Waals surface area contributed by atoms with Crippen LogP contribution in [0.4, 0.5) is 0 Å². The summed E-state index contributed by atoms with van der Waals surface area (Å²) in [6.45, 7) is 3.69. The van der Waals surface area contributed by atoms with E-state index in [1.807, 2.05) is 60.7 Å². The van der Waals surface area contributed by atoms with Crippen LogP contribution in [0.5, 0.6) is 0 Å². The second-order valence-corrected chi connectivity index (χ2v) is 22.7. The van der Waals surface area contributed by atoms with Gasteiger partial charge in [0.15, 0.2) is 0 Å². The summed E-state index contributed by atoms with van der Waals surface area (Å²) in [6, 6.07) is 42.8. The fourth-order valence-corrected chi connectivity index (χ4v) is 6.30. The first-order valence-corrected chi connectivity index (χ1v) is 29.1. The minimum atomic E-state index is -3.72. The Morgan fingerprint density at radius 3 is 1.06 bits per heavy atom. The molecule has 0 radical (unpaired) electrons. The van der Waals surface area contributed by atoms with Crippen molar-refractivity contribution in [2.24, 2.45) is 0 Å². The van der Waals surface area contributed by atoms with E-state index in [4.69, 9.17) is 143 Å². The molecule has 0 aliphatic rings. The van der Waals surface area contributed by atoms with Gasteiger partial charge < -0.3 is 42.7 Å². The third kappa shape index (κ3) is 59.6. The van der Waals surface area contributed by atoms with Crippen LogP contribution >= 0.6 is 159 Å². The number of carbonyl (C=O) groups is 4. The second kappa shape index (κ2) is 60.6. The van der Waals surface area contributed by atoms with E-state index < -0.39 is 45.3 Å². The monoisotopic (exact) mass is 1490 g/mol. The standard InChI is InChI=1S/C8H5Cl3O.C8H6Cl2O.2C8H7ClO2.C7H6Cl2.C7H6Cl.CO2.CH4.Cl2O2S.Cl2OS.2ClH.3Mg.2H/c9-6-4-2-1-3-5(6)7(10)8(11)12;3*9-7-4-2-1-3-6(7)5-8(10)11;8-5-6-3-1-2-4-7(6)9;1-6-4-2-3-5-7(6)8;2-1-3;;1-5(2,3)4;1-4(2)3;;;;;;;/h1-4,7H;1-4H,5H2;2*1-4H,5H2,(H,10,11);1-4H,5H2;2-5H,1H2;;1H4;;;2*1H;;;;;/q;;;;;-1;;;;;;;3*+2;2*-1/p-3. The molecule has 0 aromatic heterocycles. The van der Waals surface area contributed by atoms with Crippen molar-refractivity contribution in [3.63, 3.8) is 0 Å². The van der Waals surface area contributed by atoms with Gasteiger partial charge in [0.2, 0.25) is 19.7 Å². The zero-order valence-corrected chi connectivity index (χ0v) is 58.0. The molecule has 32 heteroatoms. The number of carboxylic acid groups (broad SMARTS) is 2. The summed E-state index contributed by atoms with van der Waals surface area (Å²) in [5, 5.41) is 20.2. The van der Waals surface area contributed by atoms with E-state index in [0.29, 0.717) is 42.7 Å². The Labute approximate surface area is 599 Å². The topological polar surface area (TPSA) is 197 Å². The molecule has 6 aromatic rings. The van der Waals surface area contributed by atoms with E-state index >= 15 is 0 Å². The maximum Gasteiger partial charge on any atom is 2.00 e. The van der Waals surface area contributed by atoms with Crippen molar-refractivity contribution in [2.45, 2.75) is 37.9 Å². The van der Waals surface area contributed by atoms with Crippen LogP contribution in [0.25, 0.3) is 0 Å². The summed E-state index contributed by atoms with van der Waals surface area (Å²) in [7, 11) is 12.2. The molecule has 80 heavy (non-hydrogen) atoms. The third-order valence-electron chi connectivity index (χ3n) is 7.32. The summed E-state index contributed by atoms with van der Waals surface area (Å²) >= 11 is 55.9. The van der Waals surface area contributed by atoms with Gasteiger partial charge in [0.05, 0.1) is 6.42 Å². The van der Waals surface area contributed by atoms with Gasteiger partial charge in [-0.2, -0.15) is 48.2 Å². The fraction of sp³-hybridized carbons (Fsp3) is 0.125. The van der Waals surface area contributed by atoms with Crippen molar-refractivity contribution in [1.82, 2.24) is 0 Å². The van der Waals surface area contributed by atoms with E-state index in [2.05, 4.69) is 49.7 Å². The van der Waals surface area contributed by atoms with Crippen LogP contribution in [-0.4, -0.2) is 115 Å². The van der Waals surface area contributed by atoms with Crippen LogP contribution < -0.4 is 29.9 Å². The maximum atomic E-state index is 10.7. The Bertz CT molecular complexity index is 2670. The number of alkyl halides is 2. The molecule has 0 spiro atoms. The van der Waals surface area contributed by atoms with Crippen LogP contribution in [0.15, 0.2) is 146 Å². The summed E-state index contributed by atoms with van der Waals surface area (Å²) in [5.41, 5.74) is 4.43. The first-order valence-electron chi connectivity index (χ1n) is 19.1. The normalized spacial score (nSPS) is 9.09. The number of aliphatic carboxylic acids is 2. The first-order chi connectivity index (χ1) is 34.5. The minimum absolute atomic E-state index is 0. The Morgan fingerprint density at radius 1 is 0.575 bits per heavy atom. The third-order valence-corrected chi connectivity index (χ3v) is 10.7. The summed E-state index contributed by atoms with van der Waals surface area (Å²) in [4.78, 5) is 57.8. The van der Waals surface area contributed by atoms with Crippen molar-refractivity contribution in [1.29, 1.82) is 0 Å². The number of halogens is 16. The first kappa shape index (κ1) is 98.9. The molecule has 11 nitrogen and oxygen atoms in total. The van der Waals surface area contributed by atoms with Crippen LogP contribution in [0.3, 0.4) is 0 Å². The van der Waals surface area contributed by atoms with Crippen LogP contribution in [-0.2, 0) is 71.4 Å². The smallest absolute Gasteiger partial charge is 1.00 e. The van der Waals surface area contributed by atoms with Gasteiger partial charge >= 0.3 is 89.5 Å².